The molecule has 4 nitrogen and oxygen atoms in total. The summed E-state index contributed by atoms with van der Waals surface area (Å²) in [6.45, 7) is 10.8. The van der Waals surface area contributed by atoms with Crippen molar-refractivity contribution in [2.75, 3.05) is 10.2 Å². The van der Waals surface area contributed by atoms with Crippen molar-refractivity contribution in [3.63, 3.8) is 0 Å². The molecule has 4 heteroatoms. The summed E-state index contributed by atoms with van der Waals surface area (Å²) >= 11 is 0. The third kappa shape index (κ3) is 4.37. The number of amides is 1. The van der Waals surface area contributed by atoms with Crippen LogP contribution in [-0.2, 0) is 10.2 Å². The minimum atomic E-state index is -0.526. The number of Topliss-reactive ketones (excluding diaryl/α,β-unsaturated/α-hetero) is 1. The molecule has 0 spiro atoms. The summed E-state index contributed by atoms with van der Waals surface area (Å²) in [5, 5.41) is 3.58. The Morgan fingerprint density at radius 3 is 2.19 bits per heavy atom. The standard InChI is InChI=1S/C32H34N2O2/c1-31(2,3)23-17-15-21(16-18-23)29-28-25(19-32(4,5)20-27(28)35)33-24-13-9-10-14-26(24)34(29)30(36)22-11-7-6-8-12-22/h6-18,29,33H,19-20H2,1-5H3/t29-/m0/s1. The minimum Gasteiger partial charge on any atom is -0.357 e. The van der Waals surface area contributed by atoms with Crippen LogP contribution in [0.3, 0.4) is 0 Å². The van der Waals surface area contributed by atoms with Crippen molar-refractivity contribution in [1.29, 1.82) is 0 Å². The Bertz CT molecular complexity index is 1340. The third-order valence-corrected chi connectivity index (χ3v) is 7.23. The molecule has 0 saturated heterocycles. The fraction of sp³-hybridized carbons (Fsp3) is 0.312. The molecular weight excluding hydrogens is 444 g/mol. The van der Waals surface area contributed by atoms with Crippen molar-refractivity contribution in [2.24, 2.45) is 5.41 Å². The van der Waals surface area contributed by atoms with Crippen LogP contribution in [0.1, 0.15) is 75.0 Å². The molecule has 0 saturated carbocycles. The SMILES string of the molecule is CC1(C)CC(=O)C2=C(C1)Nc1ccccc1N(C(=O)c1ccccc1)[C@H]2c1ccc(C(C)(C)C)cc1. The third-order valence-electron chi connectivity index (χ3n) is 7.23. The predicted octanol–water partition coefficient (Wildman–Crippen LogP) is 7.44. The molecule has 1 N–H and O–H groups in total. The predicted molar refractivity (Wildman–Crippen MR) is 146 cm³/mol. The van der Waals surface area contributed by atoms with Crippen molar-refractivity contribution < 1.29 is 9.59 Å². The maximum atomic E-state index is 14.2. The first-order valence-corrected chi connectivity index (χ1v) is 12.7. The average Bonchev–Trinajstić information content (AvgIpc) is 2.97. The molecule has 36 heavy (non-hydrogen) atoms. The number of fused-ring (bicyclic) bond motifs is 1. The Hall–Kier alpha value is -3.66. The minimum absolute atomic E-state index is 0.00476. The molecule has 0 aromatic heterocycles. The maximum Gasteiger partial charge on any atom is 0.259 e. The molecule has 0 unspecified atom stereocenters. The van der Waals surface area contributed by atoms with Crippen molar-refractivity contribution in [3.8, 4) is 0 Å². The highest BCUT2D eigenvalue weighted by molar-refractivity contribution is 6.12. The summed E-state index contributed by atoms with van der Waals surface area (Å²) in [6, 6.07) is 25.1. The van der Waals surface area contributed by atoms with E-state index in [0.717, 1.165) is 29.1 Å². The van der Waals surface area contributed by atoms with Crippen LogP contribution >= 0.6 is 0 Å². The molecule has 0 bridgehead atoms. The van der Waals surface area contributed by atoms with Crippen molar-refractivity contribution >= 4 is 23.1 Å². The van der Waals surface area contributed by atoms with E-state index in [9.17, 15) is 9.59 Å². The van der Waals surface area contributed by atoms with E-state index < -0.39 is 6.04 Å². The molecule has 3 aromatic rings. The van der Waals surface area contributed by atoms with E-state index in [-0.39, 0.29) is 22.5 Å². The van der Waals surface area contributed by atoms with Crippen LogP contribution in [0.15, 0.2) is 90.1 Å². The number of hydrogen-bond donors (Lipinski definition) is 1. The van der Waals surface area contributed by atoms with Crippen LogP contribution in [-0.4, -0.2) is 11.7 Å². The van der Waals surface area contributed by atoms with Gasteiger partial charge in [0.25, 0.3) is 5.91 Å². The summed E-state index contributed by atoms with van der Waals surface area (Å²) in [5.41, 5.74) is 5.81. The smallest absolute Gasteiger partial charge is 0.259 e. The lowest BCUT2D eigenvalue weighted by Crippen LogP contribution is -2.39. The number of rotatable bonds is 2. The lowest BCUT2D eigenvalue weighted by Gasteiger charge is -2.37. The second-order valence-electron chi connectivity index (χ2n) is 11.8. The van der Waals surface area contributed by atoms with Gasteiger partial charge in [0.15, 0.2) is 5.78 Å². The van der Waals surface area contributed by atoms with Crippen LogP contribution in [0.2, 0.25) is 0 Å². The van der Waals surface area contributed by atoms with Crippen molar-refractivity contribution in [3.05, 3.63) is 107 Å². The van der Waals surface area contributed by atoms with Gasteiger partial charge in [0.1, 0.15) is 0 Å². The zero-order valence-corrected chi connectivity index (χ0v) is 21.8. The van der Waals surface area contributed by atoms with Gasteiger partial charge in [-0.1, -0.05) is 89.2 Å². The summed E-state index contributed by atoms with van der Waals surface area (Å²) in [4.78, 5) is 29.8. The number of benzene rings is 3. The number of carbonyl (C=O) groups excluding carboxylic acids is 2. The zero-order valence-electron chi connectivity index (χ0n) is 21.8. The summed E-state index contributed by atoms with van der Waals surface area (Å²) in [7, 11) is 0. The molecule has 3 aromatic carbocycles. The van der Waals surface area contributed by atoms with Gasteiger partial charge in [-0.2, -0.15) is 0 Å². The van der Waals surface area contributed by atoms with Gasteiger partial charge >= 0.3 is 0 Å². The number of carbonyl (C=O) groups is 2. The van der Waals surface area contributed by atoms with Crippen LogP contribution < -0.4 is 10.2 Å². The largest absolute Gasteiger partial charge is 0.357 e. The van der Waals surface area contributed by atoms with E-state index in [1.54, 1.807) is 0 Å². The summed E-state index contributed by atoms with van der Waals surface area (Å²) in [5.74, 6) is -0.0292. The van der Waals surface area contributed by atoms with E-state index in [4.69, 9.17) is 0 Å². The van der Waals surface area contributed by atoms with E-state index in [1.165, 1.54) is 5.56 Å². The van der Waals surface area contributed by atoms with Crippen LogP contribution in [0, 0.1) is 5.41 Å². The second-order valence-corrected chi connectivity index (χ2v) is 11.8. The van der Waals surface area contributed by atoms with E-state index >= 15 is 0 Å². The first-order chi connectivity index (χ1) is 17.0. The van der Waals surface area contributed by atoms with Crippen LogP contribution in [0.5, 0.6) is 0 Å². The number of hydrogen-bond acceptors (Lipinski definition) is 3. The molecule has 1 amide bonds. The highest BCUT2D eigenvalue weighted by Gasteiger charge is 2.43. The molecule has 1 heterocycles. The molecule has 1 aliphatic carbocycles. The average molecular weight is 479 g/mol. The van der Waals surface area contributed by atoms with Gasteiger partial charge in [-0.3, -0.25) is 14.5 Å². The van der Waals surface area contributed by atoms with Gasteiger partial charge in [0, 0.05) is 23.3 Å². The molecule has 184 valence electrons. The van der Waals surface area contributed by atoms with Crippen LogP contribution in [0.4, 0.5) is 11.4 Å². The summed E-state index contributed by atoms with van der Waals surface area (Å²) < 4.78 is 0. The highest BCUT2D eigenvalue weighted by atomic mass is 16.2. The normalized spacial score (nSPS) is 19.2. The van der Waals surface area contributed by atoms with E-state index in [2.05, 4.69) is 64.2 Å². The number of allylic oxidation sites excluding steroid dienone is 1. The Morgan fingerprint density at radius 2 is 1.53 bits per heavy atom. The lowest BCUT2D eigenvalue weighted by molar-refractivity contribution is -0.118. The molecule has 1 atom stereocenters. The first kappa shape index (κ1) is 24.1. The lowest BCUT2D eigenvalue weighted by atomic mass is 9.73. The van der Waals surface area contributed by atoms with E-state index in [1.807, 2.05) is 59.5 Å². The number of para-hydroxylation sites is 2. The second kappa shape index (κ2) is 8.77. The zero-order chi connectivity index (χ0) is 25.7. The van der Waals surface area contributed by atoms with Gasteiger partial charge < -0.3 is 5.32 Å². The highest BCUT2D eigenvalue weighted by Crippen LogP contribution is 2.48. The maximum absolute atomic E-state index is 14.2. The fourth-order valence-corrected chi connectivity index (χ4v) is 5.41. The van der Waals surface area contributed by atoms with Crippen LogP contribution in [0.25, 0.3) is 0 Å². The fourth-order valence-electron chi connectivity index (χ4n) is 5.41. The van der Waals surface area contributed by atoms with Gasteiger partial charge in [-0.05, 0) is 52.6 Å². The number of anilines is 2. The molecule has 0 fully saturated rings. The van der Waals surface area contributed by atoms with Crippen molar-refractivity contribution in [1.82, 2.24) is 0 Å². The Balaban J connectivity index is 1.77. The van der Waals surface area contributed by atoms with Gasteiger partial charge in [-0.15, -0.1) is 0 Å². The Kier molecular flexibility index (Phi) is 5.86. The van der Waals surface area contributed by atoms with Gasteiger partial charge in [-0.25, -0.2) is 0 Å². The summed E-state index contributed by atoms with van der Waals surface area (Å²) in [6.07, 6.45) is 1.19. The molecule has 0 radical (unpaired) electrons. The molecule has 1 aliphatic heterocycles. The topological polar surface area (TPSA) is 49.4 Å². The Labute approximate surface area is 214 Å². The van der Waals surface area contributed by atoms with Gasteiger partial charge in [0.2, 0.25) is 0 Å². The quantitative estimate of drug-likeness (QED) is 0.416. The Morgan fingerprint density at radius 1 is 0.889 bits per heavy atom. The molecule has 5 rings (SSSR count). The van der Waals surface area contributed by atoms with Gasteiger partial charge in [0.05, 0.1) is 17.4 Å². The number of ketones is 1. The molecular formula is C32H34N2O2. The number of nitrogens with zero attached hydrogens (tertiary/aromatic N) is 1. The molecule has 2 aliphatic rings. The number of nitrogens with one attached hydrogen (secondary N) is 1. The van der Waals surface area contributed by atoms with Crippen molar-refractivity contribution in [2.45, 2.75) is 58.9 Å². The first-order valence-electron chi connectivity index (χ1n) is 12.7. The van der Waals surface area contributed by atoms with E-state index in [0.29, 0.717) is 17.6 Å². The monoisotopic (exact) mass is 478 g/mol.